The Labute approximate surface area is 118 Å². The van der Waals surface area contributed by atoms with Crippen LogP contribution in [0.5, 0.6) is 0 Å². The van der Waals surface area contributed by atoms with Crippen LogP contribution in [0.3, 0.4) is 0 Å². The monoisotopic (exact) mass is 278 g/mol. The first-order valence-corrected chi connectivity index (χ1v) is 7.37. The summed E-state index contributed by atoms with van der Waals surface area (Å²) in [5.41, 5.74) is 6.69. The maximum absolute atomic E-state index is 9.52. The number of nitrogens with one attached hydrogen (secondary N) is 1. The third-order valence-electron chi connectivity index (χ3n) is 4.34. The van der Waals surface area contributed by atoms with Crippen molar-refractivity contribution in [2.24, 2.45) is 0 Å². The Hall–Kier alpha value is -1.40. The van der Waals surface area contributed by atoms with E-state index >= 15 is 0 Å². The van der Waals surface area contributed by atoms with Crippen molar-refractivity contribution in [1.82, 2.24) is 9.97 Å². The Kier molecular flexibility index (Phi) is 3.76. The Balaban J connectivity index is 1.66. The van der Waals surface area contributed by atoms with Crippen molar-refractivity contribution in [2.45, 2.75) is 62.7 Å². The smallest absolute Gasteiger partial charge is 0.222 e. The van der Waals surface area contributed by atoms with Gasteiger partial charge in [0, 0.05) is 18.0 Å². The molecule has 0 saturated heterocycles. The highest BCUT2D eigenvalue weighted by atomic mass is 16.3. The highest BCUT2D eigenvalue weighted by Crippen LogP contribution is 2.36. The van der Waals surface area contributed by atoms with Crippen LogP contribution in [-0.2, 0) is 0 Å². The summed E-state index contributed by atoms with van der Waals surface area (Å²) in [5.74, 6) is 1.33. The average molecular weight is 278 g/mol. The predicted molar refractivity (Wildman–Crippen MR) is 76.3 cm³/mol. The van der Waals surface area contributed by atoms with Crippen LogP contribution >= 0.6 is 0 Å². The maximum atomic E-state index is 9.52. The summed E-state index contributed by atoms with van der Waals surface area (Å²) < 4.78 is 0. The molecule has 1 aromatic heterocycles. The third kappa shape index (κ3) is 3.02. The molecule has 20 heavy (non-hydrogen) atoms. The average Bonchev–Trinajstić information content (AvgIpc) is 2.37. The first-order chi connectivity index (χ1) is 9.60. The molecule has 0 bridgehead atoms. The molecule has 6 nitrogen and oxygen atoms in total. The molecule has 110 valence electrons. The number of aliphatic hydroxyl groups excluding tert-OH is 2. The molecule has 1 aromatic rings. The van der Waals surface area contributed by atoms with E-state index in [-0.39, 0.29) is 18.2 Å². The molecule has 3 rings (SSSR count). The van der Waals surface area contributed by atoms with Gasteiger partial charge in [0.05, 0.1) is 17.9 Å². The number of hydrogen-bond acceptors (Lipinski definition) is 6. The van der Waals surface area contributed by atoms with Gasteiger partial charge in [0.2, 0.25) is 5.95 Å². The molecule has 0 aromatic carbocycles. The SMILES string of the molecule is Nc1nc(NC2CCC(O)CC2)cc(C2CC(O)C2)n1. The van der Waals surface area contributed by atoms with Crippen LogP contribution in [0.4, 0.5) is 11.8 Å². The zero-order valence-corrected chi connectivity index (χ0v) is 11.5. The molecule has 2 aliphatic carbocycles. The van der Waals surface area contributed by atoms with Gasteiger partial charge in [-0.25, -0.2) is 4.98 Å². The number of aromatic nitrogens is 2. The number of rotatable bonds is 3. The molecule has 0 amide bonds. The lowest BCUT2D eigenvalue weighted by Gasteiger charge is -2.31. The van der Waals surface area contributed by atoms with E-state index < -0.39 is 0 Å². The Morgan fingerprint density at radius 3 is 2.40 bits per heavy atom. The minimum absolute atomic E-state index is 0.157. The number of anilines is 2. The van der Waals surface area contributed by atoms with Crippen LogP contribution in [-0.4, -0.2) is 38.4 Å². The van der Waals surface area contributed by atoms with Crippen LogP contribution < -0.4 is 11.1 Å². The molecule has 6 heteroatoms. The Morgan fingerprint density at radius 2 is 1.75 bits per heavy atom. The minimum Gasteiger partial charge on any atom is -0.393 e. The summed E-state index contributed by atoms with van der Waals surface area (Å²) in [6, 6.07) is 2.28. The van der Waals surface area contributed by atoms with Crippen molar-refractivity contribution in [2.75, 3.05) is 11.1 Å². The topological polar surface area (TPSA) is 104 Å². The molecular formula is C14H22N4O2. The van der Waals surface area contributed by atoms with Crippen LogP contribution in [0.1, 0.15) is 50.1 Å². The summed E-state index contributed by atoms with van der Waals surface area (Å²) in [6.45, 7) is 0. The van der Waals surface area contributed by atoms with E-state index in [1.165, 1.54) is 0 Å². The van der Waals surface area contributed by atoms with Gasteiger partial charge < -0.3 is 21.3 Å². The molecule has 0 atom stereocenters. The minimum atomic E-state index is -0.201. The lowest BCUT2D eigenvalue weighted by molar-refractivity contribution is 0.0732. The van der Waals surface area contributed by atoms with Gasteiger partial charge in [0.25, 0.3) is 0 Å². The highest BCUT2D eigenvalue weighted by molar-refractivity contribution is 5.42. The van der Waals surface area contributed by atoms with Gasteiger partial charge in [-0.3, -0.25) is 0 Å². The molecular weight excluding hydrogens is 256 g/mol. The van der Waals surface area contributed by atoms with E-state index in [1.54, 1.807) is 0 Å². The van der Waals surface area contributed by atoms with E-state index in [9.17, 15) is 10.2 Å². The molecule has 0 spiro atoms. The normalized spacial score (nSPS) is 33.5. The van der Waals surface area contributed by atoms with Crippen LogP contribution in [0.15, 0.2) is 6.07 Å². The second-order valence-electron chi connectivity index (χ2n) is 6.01. The number of aliphatic hydroxyl groups is 2. The number of nitrogens with zero attached hydrogens (tertiary/aromatic N) is 2. The zero-order valence-electron chi connectivity index (χ0n) is 11.5. The van der Waals surface area contributed by atoms with E-state index in [2.05, 4.69) is 15.3 Å². The van der Waals surface area contributed by atoms with Crippen LogP contribution in [0, 0.1) is 0 Å². The molecule has 0 aliphatic heterocycles. The Morgan fingerprint density at radius 1 is 1.05 bits per heavy atom. The fourth-order valence-electron chi connectivity index (χ4n) is 3.03. The highest BCUT2D eigenvalue weighted by Gasteiger charge is 2.30. The number of hydrogen-bond donors (Lipinski definition) is 4. The predicted octanol–water partition coefficient (Wildman–Crippen LogP) is 1.01. The summed E-state index contributed by atoms with van der Waals surface area (Å²) in [6.07, 6.45) is 4.71. The summed E-state index contributed by atoms with van der Waals surface area (Å²) >= 11 is 0. The van der Waals surface area contributed by atoms with E-state index in [0.717, 1.165) is 50.0 Å². The quantitative estimate of drug-likeness (QED) is 0.658. The van der Waals surface area contributed by atoms with Gasteiger partial charge in [-0.2, -0.15) is 4.98 Å². The standard InChI is InChI=1S/C14H22N4O2/c15-14-17-12(8-5-11(20)6-8)7-13(18-14)16-9-1-3-10(19)4-2-9/h7-11,19-20H,1-6H2,(H3,15,16,17,18). The molecule has 1 heterocycles. The summed E-state index contributed by atoms with van der Waals surface area (Å²) in [4.78, 5) is 8.51. The summed E-state index contributed by atoms with van der Waals surface area (Å²) in [5, 5.41) is 22.3. The van der Waals surface area contributed by atoms with Gasteiger partial charge in [-0.1, -0.05) is 0 Å². The number of nitrogens with two attached hydrogens (primary N) is 1. The Bertz CT molecular complexity index is 468. The van der Waals surface area contributed by atoms with Crippen molar-refractivity contribution in [3.8, 4) is 0 Å². The van der Waals surface area contributed by atoms with Crippen molar-refractivity contribution < 1.29 is 10.2 Å². The molecule has 0 unspecified atom stereocenters. The van der Waals surface area contributed by atoms with Crippen LogP contribution in [0.2, 0.25) is 0 Å². The van der Waals surface area contributed by atoms with Crippen molar-refractivity contribution >= 4 is 11.8 Å². The fourth-order valence-corrected chi connectivity index (χ4v) is 3.03. The van der Waals surface area contributed by atoms with Gasteiger partial charge in [0.1, 0.15) is 5.82 Å². The first-order valence-electron chi connectivity index (χ1n) is 7.37. The van der Waals surface area contributed by atoms with Crippen LogP contribution in [0.25, 0.3) is 0 Å². The van der Waals surface area contributed by atoms with E-state index in [4.69, 9.17) is 5.73 Å². The van der Waals surface area contributed by atoms with Gasteiger partial charge in [0.15, 0.2) is 0 Å². The van der Waals surface area contributed by atoms with Crippen molar-refractivity contribution in [1.29, 1.82) is 0 Å². The largest absolute Gasteiger partial charge is 0.393 e. The van der Waals surface area contributed by atoms with Gasteiger partial charge in [-0.05, 0) is 38.5 Å². The second-order valence-corrected chi connectivity index (χ2v) is 6.01. The fraction of sp³-hybridized carbons (Fsp3) is 0.714. The molecule has 2 saturated carbocycles. The molecule has 2 fully saturated rings. The lowest BCUT2D eigenvalue weighted by atomic mass is 9.80. The number of nitrogen functional groups attached to an aromatic ring is 1. The van der Waals surface area contributed by atoms with E-state index in [0.29, 0.717) is 12.0 Å². The third-order valence-corrected chi connectivity index (χ3v) is 4.34. The molecule has 2 aliphatic rings. The summed E-state index contributed by atoms with van der Waals surface area (Å²) in [7, 11) is 0. The van der Waals surface area contributed by atoms with Crippen molar-refractivity contribution in [3.05, 3.63) is 11.8 Å². The van der Waals surface area contributed by atoms with Crippen molar-refractivity contribution in [3.63, 3.8) is 0 Å². The lowest BCUT2D eigenvalue weighted by Crippen LogP contribution is -2.30. The second kappa shape index (κ2) is 5.54. The molecule has 0 radical (unpaired) electrons. The zero-order chi connectivity index (χ0) is 14.1. The maximum Gasteiger partial charge on any atom is 0.222 e. The van der Waals surface area contributed by atoms with Gasteiger partial charge >= 0.3 is 0 Å². The molecule has 5 N–H and O–H groups in total. The van der Waals surface area contributed by atoms with E-state index in [1.807, 2.05) is 6.07 Å². The first kappa shape index (κ1) is 13.6. The van der Waals surface area contributed by atoms with Gasteiger partial charge in [-0.15, -0.1) is 0 Å².